The molecule has 0 bridgehead atoms. The number of nitrogens with zero attached hydrogens (tertiary/aromatic N) is 1. The highest BCUT2D eigenvalue weighted by Crippen LogP contribution is 2.02. The minimum Gasteiger partial charge on any atom is -0.334 e. The van der Waals surface area contributed by atoms with Crippen LogP contribution in [0.4, 0.5) is 4.79 Å². The molecule has 2 amide bonds. The molecule has 0 aromatic heterocycles. The number of urea groups is 1. The third kappa shape index (κ3) is 4.71. The maximum atomic E-state index is 11.7. The summed E-state index contributed by atoms with van der Waals surface area (Å²) in [6.07, 6.45) is 2.25. The summed E-state index contributed by atoms with van der Waals surface area (Å²) in [5, 5.41) is 6.33. The zero-order chi connectivity index (χ0) is 10.4. The average molecular weight is 236 g/mol. The number of rotatable bonds is 3. The fraction of sp³-hybridized carbons (Fsp3) is 0.900. The first-order valence-electron chi connectivity index (χ1n) is 5.54. The SMILES string of the molecule is CCN(CC)C(=O)N[C@H]1CCCNC1.Cl. The van der Waals surface area contributed by atoms with Gasteiger partial charge in [0.2, 0.25) is 0 Å². The van der Waals surface area contributed by atoms with Crippen LogP contribution in [0.15, 0.2) is 0 Å². The molecule has 1 atom stereocenters. The van der Waals surface area contributed by atoms with Crippen molar-refractivity contribution < 1.29 is 4.79 Å². The molecule has 90 valence electrons. The predicted octanol–water partition coefficient (Wildman–Crippen LogP) is 1.21. The summed E-state index contributed by atoms with van der Waals surface area (Å²) in [6, 6.07) is 0.389. The second-order valence-electron chi connectivity index (χ2n) is 3.67. The Kier molecular flexibility index (Phi) is 7.52. The molecule has 0 unspecified atom stereocenters. The van der Waals surface area contributed by atoms with E-state index in [9.17, 15) is 4.79 Å². The first-order chi connectivity index (χ1) is 6.77. The van der Waals surface area contributed by atoms with E-state index < -0.39 is 0 Å². The molecule has 1 heterocycles. The fourth-order valence-electron chi connectivity index (χ4n) is 1.75. The Morgan fingerprint density at radius 1 is 1.47 bits per heavy atom. The molecule has 5 heteroatoms. The van der Waals surface area contributed by atoms with Crippen molar-refractivity contribution in [3.05, 3.63) is 0 Å². The van der Waals surface area contributed by atoms with Gasteiger partial charge in [0.15, 0.2) is 0 Å². The maximum absolute atomic E-state index is 11.7. The normalized spacial score (nSPS) is 20.3. The van der Waals surface area contributed by atoms with Gasteiger partial charge < -0.3 is 15.5 Å². The number of amides is 2. The minimum absolute atomic E-state index is 0. The molecule has 15 heavy (non-hydrogen) atoms. The lowest BCUT2D eigenvalue weighted by Crippen LogP contribution is -2.50. The third-order valence-electron chi connectivity index (χ3n) is 2.68. The molecule has 1 aliphatic rings. The van der Waals surface area contributed by atoms with E-state index in [2.05, 4.69) is 10.6 Å². The number of hydrogen-bond donors (Lipinski definition) is 2. The molecule has 0 aromatic carbocycles. The lowest BCUT2D eigenvalue weighted by molar-refractivity contribution is 0.196. The van der Waals surface area contributed by atoms with Gasteiger partial charge in [-0.15, -0.1) is 12.4 Å². The van der Waals surface area contributed by atoms with Gasteiger partial charge in [-0.05, 0) is 33.2 Å². The molecule has 1 fully saturated rings. The summed E-state index contributed by atoms with van der Waals surface area (Å²) in [6.45, 7) is 7.56. The predicted molar refractivity (Wildman–Crippen MR) is 64.6 cm³/mol. The summed E-state index contributed by atoms with van der Waals surface area (Å²) >= 11 is 0. The van der Waals surface area contributed by atoms with Gasteiger partial charge >= 0.3 is 6.03 Å². The lowest BCUT2D eigenvalue weighted by atomic mass is 10.1. The summed E-state index contributed by atoms with van der Waals surface area (Å²) < 4.78 is 0. The molecular formula is C10H22ClN3O. The van der Waals surface area contributed by atoms with Gasteiger partial charge in [0, 0.05) is 25.7 Å². The second-order valence-corrected chi connectivity index (χ2v) is 3.67. The van der Waals surface area contributed by atoms with E-state index in [0.717, 1.165) is 39.0 Å². The molecular weight excluding hydrogens is 214 g/mol. The Morgan fingerprint density at radius 2 is 2.13 bits per heavy atom. The van der Waals surface area contributed by atoms with Crippen LogP contribution in [0, 0.1) is 0 Å². The summed E-state index contributed by atoms with van der Waals surface area (Å²) in [5.74, 6) is 0. The zero-order valence-electron chi connectivity index (χ0n) is 9.58. The average Bonchev–Trinajstić information content (AvgIpc) is 2.21. The Bertz CT molecular complexity index is 180. The molecule has 1 saturated heterocycles. The summed E-state index contributed by atoms with van der Waals surface area (Å²) in [5.41, 5.74) is 0. The number of halogens is 1. The van der Waals surface area contributed by atoms with Gasteiger partial charge in [-0.2, -0.15) is 0 Å². The van der Waals surface area contributed by atoms with Gasteiger partial charge in [-0.1, -0.05) is 0 Å². The Morgan fingerprint density at radius 3 is 2.60 bits per heavy atom. The topological polar surface area (TPSA) is 44.4 Å². The Balaban J connectivity index is 0.00000196. The number of piperidine rings is 1. The van der Waals surface area contributed by atoms with E-state index in [1.807, 2.05) is 18.7 Å². The highest BCUT2D eigenvalue weighted by molar-refractivity contribution is 5.85. The van der Waals surface area contributed by atoms with Crippen LogP contribution in [-0.2, 0) is 0 Å². The van der Waals surface area contributed by atoms with E-state index in [-0.39, 0.29) is 18.4 Å². The standard InChI is InChI=1S/C10H21N3O.ClH/c1-3-13(4-2)10(14)12-9-6-5-7-11-8-9;/h9,11H,3-8H2,1-2H3,(H,12,14);1H/t9-;/m0./s1. The smallest absolute Gasteiger partial charge is 0.317 e. The Hall–Kier alpha value is -0.480. The van der Waals surface area contributed by atoms with Crippen molar-refractivity contribution in [2.45, 2.75) is 32.7 Å². The molecule has 2 N–H and O–H groups in total. The number of hydrogen-bond acceptors (Lipinski definition) is 2. The highest BCUT2D eigenvalue weighted by atomic mass is 35.5. The van der Waals surface area contributed by atoms with Crippen LogP contribution in [0.5, 0.6) is 0 Å². The van der Waals surface area contributed by atoms with Crippen LogP contribution in [0.2, 0.25) is 0 Å². The van der Waals surface area contributed by atoms with Crippen molar-refractivity contribution in [3.8, 4) is 0 Å². The highest BCUT2D eigenvalue weighted by Gasteiger charge is 2.17. The van der Waals surface area contributed by atoms with Crippen LogP contribution in [-0.4, -0.2) is 43.2 Å². The molecule has 0 radical (unpaired) electrons. The molecule has 1 aliphatic heterocycles. The van der Waals surface area contributed by atoms with E-state index in [1.165, 1.54) is 0 Å². The largest absolute Gasteiger partial charge is 0.334 e. The number of carbonyl (C=O) groups excluding carboxylic acids is 1. The molecule has 0 aromatic rings. The van der Waals surface area contributed by atoms with Crippen molar-refractivity contribution >= 4 is 18.4 Å². The Labute approximate surface area is 98.2 Å². The first-order valence-corrected chi connectivity index (χ1v) is 5.54. The first kappa shape index (κ1) is 14.5. The van der Waals surface area contributed by atoms with Gasteiger partial charge in [0.05, 0.1) is 0 Å². The fourth-order valence-corrected chi connectivity index (χ4v) is 1.75. The van der Waals surface area contributed by atoms with Crippen LogP contribution in [0.1, 0.15) is 26.7 Å². The van der Waals surface area contributed by atoms with Crippen molar-refractivity contribution in [2.24, 2.45) is 0 Å². The van der Waals surface area contributed by atoms with Crippen LogP contribution in [0.25, 0.3) is 0 Å². The molecule has 0 spiro atoms. The van der Waals surface area contributed by atoms with Crippen LogP contribution < -0.4 is 10.6 Å². The van der Waals surface area contributed by atoms with Crippen molar-refractivity contribution in [2.75, 3.05) is 26.2 Å². The molecule has 0 aliphatic carbocycles. The molecule has 1 rings (SSSR count). The van der Waals surface area contributed by atoms with E-state index in [0.29, 0.717) is 6.04 Å². The summed E-state index contributed by atoms with van der Waals surface area (Å²) in [4.78, 5) is 13.5. The zero-order valence-corrected chi connectivity index (χ0v) is 10.4. The van der Waals surface area contributed by atoms with Gasteiger partial charge in [-0.25, -0.2) is 4.79 Å². The summed E-state index contributed by atoms with van der Waals surface area (Å²) in [7, 11) is 0. The quantitative estimate of drug-likeness (QED) is 0.773. The maximum Gasteiger partial charge on any atom is 0.317 e. The van der Waals surface area contributed by atoms with Crippen LogP contribution in [0.3, 0.4) is 0 Å². The van der Waals surface area contributed by atoms with E-state index >= 15 is 0 Å². The molecule has 4 nitrogen and oxygen atoms in total. The van der Waals surface area contributed by atoms with Crippen molar-refractivity contribution in [3.63, 3.8) is 0 Å². The minimum atomic E-state index is 0. The van der Waals surface area contributed by atoms with E-state index in [1.54, 1.807) is 0 Å². The second kappa shape index (κ2) is 7.77. The number of nitrogens with one attached hydrogen (secondary N) is 2. The lowest BCUT2D eigenvalue weighted by Gasteiger charge is -2.27. The van der Waals surface area contributed by atoms with Crippen LogP contribution >= 0.6 is 12.4 Å². The van der Waals surface area contributed by atoms with Crippen molar-refractivity contribution in [1.82, 2.24) is 15.5 Å². The van der Waals surface area contributed by atoms with E-state index in [4.69, 9.17) is 0 Å². The third-order valence-corrected chi connectivity index (χ3v) is 2.68. The van der Waals surface area contributed by atoms with Gasteiger partial charge in [0.1, 0.15) is 0 Å². The van der Waals surface area contributed by atoms with Crippen molar-refractivity contribution in [1.29, 1.82) is 0 Å². The monoisotopic (exact) mass is 235 g/mol. The van der Waals surface area contributed by atoms with Gasteiger partial charge in [0.25, 0.3) is 0 Å². The van der Waals surface area contributed by atoms with Gasteiger partial charge in [-0.3, -0.25) is 0 Å². The number of carbonyl (C=O) groups is 1. The molecule has 0 saturated carbocycles.